The minimum Gasteiger partial charge on any atom is -0.494 e. The van der Waals surface area contributed by atoms with Crippen LogP contribution in [0.4, 0.5) is 0 Å². The molecular formula is C18H21NO4. The maximum Gasteiger partial charge on any atom is 0.320 e. The molecule has 0 spiro atoms. The molecule has 122 valence electrons. The summed E-state index contributed by atoms with van der Waals surface area (Å²) in [5.74, 6) is 1.33. The van der Waals surface area contributed by atoms with Crippen molar-refractivity contribution in [3.63, 3.8) is 0 Å². The Morgan fingerprint density at radius 2 is 1.57 bits per heavy atom. The minimum atomic E-state index is -0.958. The van der Waals surface area contributed by atoms with Crippen molar-refractivity contribution in [2.45, 2.75) is 25.3 Å². The van der Waals surface area contributed by atoms with Crippen molar-refractivity contribution in [2.75, 3.05) is 6.61 Å². The highest BCUT2D eigenvalue weighted by molar-refractivity contribution is 5.72. The number of rotatable bonds is 9. The van der Waals surface area contributed by atoms with Crippen molar-refractivity contribution in [3.05, 3.63) is 54.6 Å². The Hall–Kier alpha value is -2.53. The number of aliphatic carboxylic acids is 1. The molecule has 0 aliphatic carbocycles. The van der Waals surface area contributed by atoms with E-state index in [1.165, 1.54) is 0 Å². The van der Waals surface area contributed by atoms with Crippen LogP contribution >= 0.6 is 0 Å². The van der Waals surface area contributed by atoms with Gasteiger partial charge in [0, 0.05) is 0 Å². The number of carbonyl (C=O) groups is 1. The van der Waals surface area contributed by atoms with E-state index >= 15 is 0 Å². The van der Waals surface area contributed by atoms with Crippen LogP contribution in [0.5, 0.6) is 17.2 Å². The number of para-hydroxylation sites is 1. The van der Waals surface area contributed by atoms with Crippen LogP contribution in [0.2, 0.25) is 0 Å². The molecule has 0 aliphatic rings. The Kier molecular flexibility index (Phi) is 6.44. The van der Waals surface area contributed by atoms with Crippen LogP contribution < -0.4 is 15.2 Å². The van der Waals surface area contributed by atoms with E-state index in [1.54, 1.807) is 0 Å². The molecule has 0 aliphatic heterocycles. The lowest BCUT2D eigenvalue weighted by Crippen LogP contribution is -2.29. The van der Waals surface area contributed by atoms with Crippen molar-refractivity contribution in [3.8, 4) is 17.2 Å². The number of carboxylic acid groups (broad SMARTS) is 1. The Bertz CT molecular complexity index is 598. The highest BCUT2D eigenvalue weighted by Gasteiger charge is 2.09. The van der Waals surface area contributed by atoms with Crippen LogP contribution in [-0.4, -0.2) is 23.7 Å². The summed E-state index contributed by atoms with van der Waals surface area (Å²) in [6.07, 6.45) is 1.95. The molecule has 1 unspecified atom stereocenters. The average molecular weight is 315 g/mol. The molecule has 0 bridgehead atoms. The van der Waals surface area contributed by atoms with E-state index in [4.69, 9.17) is 20.3 Å². The number of unbranched alkanes of at least 4 members (excludes halogenated alkanes) is 1. The quantitative estimate of drug-likeness (QED) is 0.693. The van der Waals surface area contributed by atoms with Gasteiger partial charge in [-0.05, 0) is 55.7 Å². The Labute approximate surface area is 135 Å². The molecule has 0 aromatic heterocycles. The van der Waals surface area contributed by atoms with E-state index < -0.39 is 12.0 Å². The number of benzene rings is 2. The zero-order chi connectivity index (χ0) is 16.5. The molecule has 3 N–H and O–H groups in total. The maximum atomic E-state index is 10.6. The van der Waals surface area contributed by atoms with Crippen LogP contribution in [0.25, 0.3) is 0 Å². The zero-order valence-electron chi connectivity index (χ0n) is 12.9. The lowest BCUT2D eigenvalue weighted by molar-refractivity contribution is -0.138. The van der Waals surface area contributed by atoms with E-state index in [2.05, 4.69) is 0 Å². The van der Waals surface area contributed by atoms with Gasteiger partial charge in [-0.15, -0.1) is 0 Å². The second kappa shape index (κ2) is 8.80. The molecule has 0 radical (unpaired) electrons. The fourth-order valence-electron chi connectivity index (χ4n) is 2.01. The number of ether oxygens (including phenoxy) is 2. The molecular weight excluding hydrogens is 294 g/mol. The summed E-state index contributed by atoms with van der Waals surface area (Å²) in [4.78, 5) is 10.6. The molecule has 0 amide bonds. The van der Waals surface area contributed by atoms with Crippen LogP contribution in [0.1, 0.15) is 19.3 Å². The molecule has 5 nitrogen and oxygen atoms in total. The third-order valence-corrected chi connectivity index (χ3v) is 3.30. The molecule has 2 aromatic rings. The molecule has 0 heterocycles. The van der Waals surface area contributed by atoms with Crippen molar-refractivity contribution < 1.29 is 19.4 Å². The summed E-state index contributed by atoms with van der Waals surface area (Å²) in [6, 6.07) is 16.2. The molecule has 2 aromatic carbocycles. The fourth-order valence-corrected chi connectivity index (χ4v) is 2.01. The van der Waals surface area contributed by atoms with Crippen molar-refractivity contribution in [2.24, 2.45) is 5.73 Å². The fraction of sp³-hybridized carbons (Fsp3) is 0.278. The van der Waals surface area contributed by atoms with Crippen molar-refractivity contribution >= 4 is 5.97 Å². The van der Waals surface area contributed by atoms with Gasteiger partial charge in [-0.1, -0.05) is 18.2 Å². The molecule has 1 atom stereocenters. The zero-order valence-corrected chi connectivity index (χ0v) is 12.9. The van der Waals surface area contributed by atoms with Gasteiger partial charge in [0.25, 0.3) is 0 Å². The van der Waals surface area contributed by atoms with Gasteiger partial charge in [-0.3, -0.25) is 4.79 Å². The monoisotopic (exact) mass is 315 g/mol. The molecule has 2 rings (SSSR count). The van der Waals surface area contributed by atoms with Gasteiger partial charge in [-0.2, -0.15) is 0 Å². The van der Waals surface area contributed by atoms with E-state index in [-0.39, 0.29) is 0 Å². The van der Waals surface area contributed by atoms with Crippen LogP contribution in [-0.2, 0) is 4.79 Å². The van der Waals surface area contributed by atoms with Gasteiger partial charge in [0.1, 0.15) is 23.3 Å². The minimum absolute atomic E-state index is 0.461. The van der Waals surface area contributed by atoms with Gasteiger partial charge in [0.2, 0.25) is 0 Å². The average Bonchev–Trinajstić information content (AvgIpc) is 2.56. The first kappa shape index (κ1) is 16.8. The molecule has 23 heavy (non-hydrogen) atoms. The van der Waals surface area contributed by atoms with E-state index in [0.717, 1.165) is 30.1 Å². The SMILES string of the molecule is NC(CCCCOc1ccc(Oc2ccccc2)cc1)C(=O)O. The third kappa shape index (κ3) is 6.00. The summed E-state index contributed by atoms with van der Waals surface area (Å²) < 4.78 is 11.3. The van der Waals surface area contributed by atoms with Gasteiger partial charge < -0.3 is 20.3 Å². The summed E-state index contributed by atoms with van der Waals surface area (Å²) in [5, 5.41) is 8.68. The summed E-state index contributed by atoms with van der Waals surface area (Å²) in [7, 11) is 0. The van der Waals surface area contributed by atoms with Gasteiger partial charge in [-0.25, -0.2) is 0 Å². The van der Waals surface area contributed by atoms with E-state index in [0.29, 0.717) is 13.0 Å². The molecule has 5 heteroatoms. The lowest BCUT2D eigenvalue weighted by Gasteiger charge is -2.09. The predicted molar refractivity (Wildman–Crippen MR) is 87.9 cm³/mol. The maximum absolute atomic E-state index is 10.6. The second-order valence-corrected chi connectivity index (χ2v) is 5.18. The molecule has 0 saturated heterocycles. The van der Waals surface area contributed by atoms with Crippen LogP contribution in [0, 0.1) is 0 Å². The standard InChI is InChI=1S/C18H21NO4/c19-17(18(20)21)8-4-5-13-22-14-9-11-16(12-10-14)23-15-6-2-1-3-7-15/h1-3,6-7,9-12,17H,4-5,8,13,19H2,(H,20,21). The van der Waals surface area contributed by atoms with Crippen LogP contribution in [0.3, 0.4) is 0 Å². The van der Waals surface area contributed by atoms with Gasteiger partial charge >= 0.3 is 5.97 Å². The summed E-state index contributed by atoms with van der Waals surface area (Å²) in [6.45, 7) is 0.533. The highest BCUT2D eigenvalue weighted by atomic mass is 16.5. The van der Waals surface area contributed by atoms with Crippen molar-refractivity contribution in [1.82, 2.24) is 0 Å². The second-order valence-electron chi connectivity index (χ2n) is 5.18. The number of hydrogen-bond acceptors (Lipinski definition) is 4. The smallest absolute Gasteiger partial charge is 0.320 e. The Balaban J connectivity index is 1.70. The first-order chi connectivity index (χ1) is 11.1. The first-order valence-corrected chi connectivity index (χ1v) is 7.59. The largest absolute Gasteiger partial charge is 0.494 e. The highest BCUT2D eigenvalue weighted by Crippen LogP contribution is 2.23. The first-order valence-electron chi connectivity index (χ1n) is 7.59. The summed E-state index contributed by atoms with van der Waals surface area (Å²) >= 11 is 0. The summed E-state index contributed by atoms with van der Waals surface area (Å²) in [5.41, 5.74) is 5.44. The number of hydrogen-bond donors (Lipinski definition) is 2. The lowest BCUT2D eigenvalue weighted by atomic mass is 10.1. The van der Waals surface area contributed by atoms with Crippen molar-refractivity contribution in [1.29, 1.82) is 0 Å². The van der Waals surface area contributed by atoms with Crippen LogP contribution in [0.15, 0.2) is 54.6 Å². The molecule has 0 fully saturated rings. The third-order valence-electron chi connectivity index (χ3n) is 3.30. The normalized spacial score (nSPS) is 11.7. The number of carboxylic acids is 1. The van der Waals surface area contributed by atoms with Gasteiger partial charge in [0.15, 0.2) is 0 Å². The number of nitrogens with two attached hydrogens (primary N) is 1. The van der Waals surface area contributed by atoms with E-state index in [9.17, 15) is 4.79 Å². The Morgan fingerprint density at radius 3 is 2.22 bits per heavy atom. The molecule has 0 saturated carbocycles. The van der Waals surface area contributed by atoms with E-state index in [1.807, 2.05) is 54.6 Å². The predicted octanol–water partition coefficient (Wildman–Crippen LogP) is 3.44. The van der Waals surface area contributed by atoms with Gasteiger partial charge in [0.05, 0.1) is 6.61 Å². The topological polar surface area (TPSA) is 81.8 Å². The Morgan fingerprint density at radius 1 is 0.957 bits per heavy atom.